The molecule has 12 heavy (non-hydrogen) atoms. The second-order valence-corrected chi connectivity index (χ2v) is 8.95. The van der Waals surface area contributed by atoms with E-state index >= 15 is 0 Å². The summed E-state index contributed by atoms with van der Waals surface area (Å²) in [6.45, 7) is 2.25. The van der Waals surface area contributed by atoms with Gasteiger partial charge in [-0.2, -0.15) is 0 Å². The van der Waals surface area contributed by atoms with Gasteiger partial charge in [-0.1, -0.05) is 80.4 Å². The molecule has 1 fully saturated rings. The SMILES string of the molecule is CCCCCC[C@@]1(Br)CC1(Br)Br. The van der Waals surface area contributed by atoms with Crippen LogP contribution >= 0.6 is 47.8 Å². The predicted octanol–water partition coefficient (Wildman–Crippen LogP) is 4.98. The molecule has 0 saturated heterocycles. The average Bonchev–Trinajstić information content (AvgIpc) is 2.45. The second kappa shape index (κ2) is 4.31. The van der Waals surface area contributed by atoms with Gasteiger partial charge < -0.3 is 0 Å². The second-order valence-electron chi connectivity index (χ2n) is 3.66. The molecule has 1 rings (SSSR count). The van der Waals surface area contributed by atoms with Crippen molar-refractivity contribution < 1.29 is 0 Å². The highest BCUT2D eigenvalue weighted by Gasteiger charge is 2.62. The fourth-order valence-corrected chi connectivity index (χ4v) is 4.22. The Morgan fingerprint density at radius 3 is 2.08 bits per heavy atom. The Morgan fingerprint density at radius 1 is 1.08 bits per heavy atom. The Bertz CT molecular complexity index is 156. The van der Waals surface area contributed by atoms with E-state index in [0.29, 0.717) is 4.32 Å². The van der Waals surface area contributed by atoms with E-state index in [1.165, 1.54) is 38.5 Å². The Hall–Kier alpha value is 1.44. The lowest BCUT2D eigenvalue weighted by Gasteiger charge is -2.09. The summed E-state index contributed by atoms with van der Waals surface area (Å²) in [6.07, 6.45) is 7.90. The first-order chi connectivity index (χ1) is 5.52. The van der Waals surface area contributed by atoms with Gasteiger partial charge in [-0.05, 0) is 12.8 Å². The van der Waals surface area contributed by atoms with Crippen molar-refractivity contribution in [3.63, 3.8) is 0 Å². The average molecular weight is 363 g/mol. The molecule has 0 aromatic carbocycles. The molecule has 0 aliphatic heterocycles. The third kappa shape index (κ3) is 2.71. The van der Waals surface area contributed by atoms with Gasteiger partial charge >= 0.3 is 0 Å². The highest BCUT2D eigenvalue weighted by atomic mass is 79.9. The zero-order chi connectivity index (χ0) is 9.24. The molecule has 0 aromatic heterocycles. The number of rotatable bonds is 5. The van der Waals surface area contributed by atoms with E-state index in [1.807, 2.05) is 0 Å². The molecule has 0 amide bonds. The standard InChI is InChI=1S/C9H15Br3/c1-2-3-4-5-6-8(10)7-9(8,11)12/h2-7H2,1H3/t8-/m1/s1. The maximum absolute atomic E-state index is 3.77. The van der Waals surface area contributed by atoms with E-state index in [4.69, 9.17) is 0 Å². The Balaban J connectivity index is 2.09. The van der Waals surface area contributed by atoms with Crippen molar-refractivity contribution in [3.05, 3.63) is 0 Å². The highest BCUT2D eigenvalue weighted by molar-refractivity contribution is 9.26. The number of halogens is 3. The summed E-state index contributed by atoms with van der Waals surface area (Å²) in [5.74, 6) is 0. The molecule has 0 N–H and O–H groups in total. The molecular formula is C9H15Br3. The lowest BCUT2D eigenvalue weighted by atomic mass is 10.1. The van der Waals surface area contributed by atoms with Gasteiger partial charge in [0.2, 0.25) is 0 Å². The lowest BCUT2D eigenvalue weighted by molar-refractivity contribution is 0.619. The van der Waals surface area contributed by atoms with Crippen molar-refractivity contribution in [2.45, 2.75) is 53.0 Å². The van der Waals surface area contributed by atoms with Gasteiger partial charge in [-0.3, -0.25) is 0 Å². The Kier molecular flexibility index (Phi) is 4.13. The van der Waals surface area contributed by atoms with Crippen LogP contribution in [0, 0.1) is 0 Å². The first-order valence-corrected chi connectivity index (χ1v) is 6.96. The number of hydrogen-bond acceptors (Lipinski definition) is 0. The fraction of sp³-hybridized carbons (Fsp3) is 1.00. The number of unbranched alkanes of at least 4 members (excludes halogenated alkanes) is 3. The summed E-state index contributed by atoms with van der Waals surface area (Å²) in [5.41, 5.74) is 0. The summed E-state index contributed by atoms with van der Waals surface area (Å²) >= 11 is 11.1. The summed E-state index contributed by atoms with van der Waals surface area (Å²) in [7, 11) is 0. The van der Waals surface area contributed by atoms with Crippen LogP contribution in [-0.4, -0.2) is 7.56 Å². The minimum Gasteiger partial charge on any atom is -0.0828 e. The van der Waals surface area contributed by atoms with E-state index in [9.17, 15) is 0 Å². The van der Waals surface area contributed by atoms with Crippen LogP contribution < -0.4 is 0 Å². The molecule has 0 radical (unpaired) electrons. The van der Waals surface area contributed by atoms with Crippen LogP contribution in [0.5, 0.6) is 0 Å². The first kappa shape index (κ1) is 11.5. The van der Waals surface area contributed by atoms with Crippen LogP contribution in [-0.2, 0) is 0 Å². The lowest BCUT2D eigenvalue weighted by Crippen LogP contribution is -2.06. The summed E-state index contributed by atoms with van der Waals surface area (Å²) in [4.78, 5) is 0. The van der Waals surface area contributed by atoms with Crippen LogP contribution in [0.1, 0.15) is 45.4 Å². The maximum Gasteiger partial charge on any atom is 0.0972 e. The van der Waals surface area contributed by atoms with Crippen LogP contribution in [0.2, 0.25) is 0 Å². The van der Waals surface area contributed by atoms with E-state index in [1.54, 1.807) is 0 Å². The van der Waals surface area contributed by atoms with Gasteiger partial charge in [0.25, 0.3) is 0 Å². The quantitative estimate of drug-likeness (QED) is 0.478. The van der Waals surface area contributed by atoms with Gasteiger partial charge in [0.05, 0.1) is 7.56 Å². The van der Waals surface area contributed by atoms with Gasteiger partial charge in [-0.15, -0.1) is 0 Å². The van der Waals surface area contributed by atoms with Crippen molar-refractivity contribution >= 4 is 47.8 Å². The Morgan fingerprint density at radius 2 is 1.67 bits per heavy atom. The van der Waals surface area contributed by atoms with Crippen molar-refractivity contribution in [3.8, 4) is 0 Å². The van der Waals surface area contributed by atoms with Crippen LogP contribution in [0.25, 0.3) is 0 Å². The monoisotopic (exact) mass is 360 g/mol. The molecule has 0 aromatic rings. The smallest absolute Gasteiger partial charge is 0.0828 e. The minimum absolute atomic E-state index is 0.194. The Labute approximate surface area is 100 Å². The third-order valence-corrected chi connectivity index (χ3v) is 6.96. The normalized spacial score (nSPS) is 32.0. The largest absolute Gasteiger partial charge is 0.0972 e. The summed E-state index contributed by atoms with van der Waals surface area (Å²) < 4.78 is 0.535. The minimum atomic E-state index is 0.194. The molecule has 0 nitrogen and oxygen atoms in total. The molecule has 0 spiro atoms. The summed E-state index contributed by atoms with van der Waals surface area (Å²) in [6, 6.07) is 0. The predicted molar refractivity (Wildman–Crippen MR) is 65.6 cm³/mol. The molecular weight excluding hydrogens is 348 g/mol. The molecule has 0 heterocycles. The first-order valence-electron chi connectivity index (χ1n) is 4.58. The van der Waals surface area contributed by atoms with E-state index in [0.717, 1.165) is 0 Å². The van der Waals surface area contributed by atoms with Crippen LogP contribution in [0.3, 0.4) is 0 Å². The zero-order valence-electron chi connectivity index (χ0n) is 7.38. The van der Waals surface area contributed by atoms with Crippen LogP contribution in [0.4, 0.5) is 0 Å². The molecule has 1 atom stereocenters. The molecule has 72 valence electrons. The van der Waals surface area contributed by atoms with Crippen molar-refractivity contribution in [1.82, 2.24) is 0 Å². The van der Waals surface area contributed by atoms with Gasteiger partial charge in [-0.25, -0.2) is 0 Å². The zero-order valence-corrected chi connectivity index (χ0v) is 12.1. The molecule has 0 bridgehead atoms. The maximum atomic E-state index is 3.77. The van der Waals surface area contributed by atoms with E-state index in [2.05, 4.69) is 54.7 Å². The topological polar surface area (TPSA) is 0 Å². The summed E-state index contributed by atoms with van der Waals surface area (Å²) in [5, 5.41) is 0. The van der Waals surface area contributed by atoms with Crippen molar-refractivity contribution in [1.29, 1.82) is 0 Å². The van der Waals surface area contributed by atoms with Crippen molar-refractivity contribution in [2.75, 3.05) is 0 Å². The molecule has 0 unspecified atom stereocenters. The fourth-order valence-electron chi connectivity index (χ4n) is 1.41. The third-order valence-electron chi connectivity index (χ3n) is 2.46. The molecule has 1 aliphatic carbocycles. The van der Waals surface area contributed by atoms with E-state index < -0.39 is 0 Å². The highest BCUT2D eigenvalue weighted by Crippen LogP contribution is 2.67. The molecule has 3 heteroatoms. The molecule has 1 saturated carbocycles. The number of hydrogen-bond donors (Lipinski definition) is 0. The van der Waals surface area contributed by atoms with Gasteiger partial charge in [0.15, 0.2) is 0 Å². The van der Waals surface area contributed by atoms with Crippen LogP contribution in [0.15, 0.2) is 0 Å². The number of alkyl halides is 3. The van der Waals surface area contributed by atoms with Gasteiger partial charge in [0.1, 0.15) is 0 Å². The molecule has 1 aliphatic rings. The van der Waals surface area contributed by atoms with Crippen molar-refractivity contribution in [2.24, 2.45) is 0 Å². The van der Waals surface area contributed by atoms with Gasteiger partial charge in [0, 0.05) is 0 Å². The van der Waals surface area contributed by atoms with E-state index in [-0.39, 0.29) is 3.23 Å².